The molecule has 1 N–H and O–H groups in total. The zero-order valence-electron chi connectivity index (χ0n) is 7.46. The van der Waals surface area contributed by atoms with Crippen LogP contribution >= 0.6 is 0 Å². The van der Waals surface area contributed by atoms with Gasteiger partial charge in [0.05, 0.1) is 5.60 Å². The SMILES string of the molecule is Cc1ccc(C2(O)CC2)c(C)n1. The van der Waals surface area contributed by atoms with Crippen molar-refractivity contribution in [3.63, 3.8) is 0 Å². The maximum absolute atomic E-state index is 9.83. The van der Waals surface area contributed by atoms with Gasteiger partial charge in [-0.3, -0.25) is 4.98 Å². The standard InChI is InChI=1S/C10H13NO/c1-7-3-4-9(8(2)11-7)10(12)5-6-10/h3-4,12H,5-6H2,1-2H3. The first-order chi connectivity index (χ1) is 5.62. The maximum atomic E-state index is 9.83. The second kappa shape index (κ2) is 2.30. The number of aliphatic hydroxyl groups is 1. The van der Waals surface area contributed by atoms with E-state index < -0.39 is 5.60 Å². The van der Waals surface area contributed by atoms with E-state index in [0.717, 1.165) is 29.8 Å². The molecule has 12 heavy (non-hydrogen) atoms. The molecule has 0 amide bonds. The predicted molar refractivity (Wildman–Crippen MR) is 46.8 cm³/mol. The van der Waals surface area contributed by atoms with Crippen LogP contribution in [-0.4, -0.2) is 10.1 Å². The second-order valence-corrected chi connectivity index (χ2v) is 3.62. The molecule has 0 saturated heterocycles. The Labute approximate surface area is 72.3 Å². The summed E-state index contributed by atoms with van der Waals surface area (Å²) in [5, 5.41) is 9.83. The zero-order chi connectivity index (χ0) is 8.77. The average Bonchev–Trinajstić information content (AvgIpc) is 2.68. The zero-order valence-corrected chi connectivity index (χ0v) is 7.46. The molecule has 1 aromatic rings. The Bertz CT molecular complexity index is 316. The molecule has 1 aliphatic carbocycles. The first-order valence-electron chi connectivity index (χ1n) is 4.29. The lowest BCUT2D eigenvalue weighted by atomic mass is 10.1. The van der Waals surface area contributed by atoms with Crippen LogP contribution in [0.4, 0.5) is 0 Å². The van der Waals surface area contributed by atoms with E-state index in [1.807, 2.05) is 26.0 Å². The van der Waals surface area contributed by atoms with Crippen LogP contribution in [0.5, 0.6) is 0 Å². The van der Waals surface area contributed by atoms with Crippen molar-refractivity contribution in [2.45, 2.75) is 32.3 Å². The Morgan fingerprint density at radius 1 is 1.33 bits per heavy atom. The minimum atomic E-state index is -0.537. The summed E-state index contributed by atoms with van der Waals surface area (Å²) in [6.45, 7) is 3.92. The largest absolute Gasteiger partial charge is 0.385 e. The smallest absolute Gasteiger partial charge is 0.0916 e. The van der Waals surface area contributed by atoms with Gasteiger partial charge in [-0.25, -0.2) is 0 Å². The molecule has 64 valence electrons. The molecule has 1 aliphatic rings. The third-order valence-corrected chi connectivity index (χ3v) is 2.45. The van der Waals surface area contributed by atoms with Gasteiger partial charge in [-0.15, -0.1) is 0 Å². The summed E-state index contributed by atoms with van der Waals surface area (Å²) in [5.41, 5.74) is 2.45. The molecule has 0 aliphatic heterocycles. The maximum Gasteiger partial charge on any atom is 0.0916 e. The molecule has 2 nitrogen and oxygen atoms in total. The topological polar surface area (TPSA) is 33.1 Å². The van der Waals surface area contributed by atoms with Crippen molar-refractivity contribution in [2.24, 2.45) is 0 Å². The van der Waals surface area contributed by atoms with E-state index in [1.54, 1.807) is 0 Å². The van der Waals surface area contributed by atoms with Crippen LogP contribution in [0.25, 0.3) is 0 Å². The summed E-state index contributed by atoms with van der Waals surface area (Å²) in [6.07, 6.45) is 1.77. The van der Waals surface area contributed by atoms with E-state index in [4.69, 9.17) is 0 Å². The average molecular weight is 163 g/mol. The molecule has 2 rings (SSSR count). The van der Waals surface area contributed by atoms with Crippen molar-refractivity contribution in [2.75, 3.05) is 0 Å². The van der Waals surface area contributed by atoms with Crippen LogP contribution in [-0.2, 0) is 5.60 Å². The Morgan fingerprint density at radius 2 is 2.00 bits per heavy atom. The fourth-order valence-electron chi connectivity index (χ4n) is 1.57. The van der Waals surface area contributed by atoms with Gasteiger partial charge in [-0.05, 0) is 32.8 Å². The van der Waals surface area contributed by atoms with Crippen molar-refractivity contribution in [1.29, 1.82) is 0 Å². The molecule has 1 fully saturated rings. The molecular weight excluding hydrogens is 150 g/mol. The van der Waals surface area contributed by atoms with Crippen LogP contribution in [0.3, 0.4) is 0 Å². The van der Waals surface area contributed by atoms with Gasteiger partial charge < -0.3 is 5.11 Å². The highest BCUT2D eigenvalue weighted by Gasteiger charge is 2.43. The highest BCUT2D eigenvalue weighted by molar-refractivity contribution is 5.31. The van der Waals surface area contributed by atoms with Crippen LogP contribution in [0.2, 0.25) is 0 Å². The van der Waals surface area contributed by atoms with Gasteiger partial charge in [0.25, 0.3) is 0 Å². The number of hydrogen-bond donors (Lipinski definition) is 1. The lowest BCUT2D eigenvalue weighted by Gasteiger charge is -2.10. The Balaban J connectivity index is 2.45. The number of hydrogen-bond acceptors (Lipinski definition) is 2. The molecule has 0 bridgehead atoms. The lowest BCUT2D eigenvalue weighted by Crippen LogP contribution is -2.08. The summed E-state index contributed by atoms with van der Waals surface area (Å²) >= 11 is 0. The summed E-state index contributed by atoms with van der Waals surface area (Å²) < 4.78 is 0. The summed E-state index contributed by atoms with van der Waals surface area (Å²) in [5.74, 6) is 0. The van der Waals surface area contributed by atoms with E-state index >= 15 is 0 Å². The van der Waals surface area contributed by atoms with Crippen LogP contribution < -0.4 is 0 Å². The van der Waals surface area contributed by atoms with Crippen molar-refractivity contribution in [3.05, 3.63) is 29.1 Å². The molecule has 0 aromatic carbocycles. The summed E-state index contributed by atoms with van der Waals surface area (Å²) in [6, 6.07) is 3.95. The Kier molecular flexibility index (Phi) is 1.48. The molecule has 1 aromatic heterocycles. The van der Waals surface area contributed by atoms with Crippen molar-refractivity contribution in [3.8, 4) is 0 Å². The van der Waals surface area contributed by atoms with Gasteiger partial charge in [-0.2, -0.15) is 0 Å². The Hall–Kier alpha value is -0.890. The van der Waals surface area contributed by atoms with E-state index in [0.29, 0.717) is 0 Å². The molecule has 0 spiro atoms. The van der Waals surface area contributed by atoms with Crippen molar-refractivity contribution >= 4 is 0 Å². The van der Waals surface area contributed by atoms with E-state index in [9.17, 15) is 5.11 Å². The fourth-order valence-corrected chi connectivity index (χ4v) is 1.57. The highest BCUT2D eigenvalue weighted by atomic mass is 16.3. The van der Waals surface area contributed by atoms with Gasteiger partial charge >= 0.3 is 0 Å². The number of rotatable bonds is 1. The van der Waals surface area contributed by atoms with E-state index in [1.165, 1.54) is 0 Å². The molecule has 2 heteroatoms. The van der Waals surface area contributed by atoms with Gasteiger partial charge in [0.1, 0.15) is 0 Å². The van der Waals surface area contributed by atoms with Crippen molar-refractivity contribution in [1.82, 2.24) is 4.98 Å². The second-order valence-electron chi connectivity index (χ2n) is 3.62. The van der Waals surface area contributed by atoms with Gasteiger partial charge in [-0.1, -0.05) is 6.07 Å². The first-order valence-corrected chi connectivity index (χ1v) is 4.29. The quantitative estimate of drug-likeness (QED) is 0.683. The van der Waals surface area contributed by atoms with Crippen LogP contribution in [0.15, 0.2) is 12.1 Å². The molecule has 0 radical (unpaired) electrons. The molecule has 0 unspecified atom stereocenters. The Morgan fingerprint density at radius 3 is 2.50 bits per heavy atom. The number of pyridine rings is 1. The van der Waals surface area contributed by atoms with Crippen LogP contribution in [0.1, 0.15) is 29.8 Å². The third kappa shape index (κ3) is 1.12. The molecule has 1 saturated carbocycles. The van der Waals surface area contributed by atoms with Gasteiger partial charge in [0.15, 0.2) is 0 Å². The molecule has 0 atom stereocenters. The van der Waals surface area contributed by atoms with Gasteiger partial charge in [0, 0.05) is 17.0 Å². The predicted octanol–water partition coefficient (Wildman–Crippen LogP) is 1.68. The normalized spacial score (nSPS) is 19.2. The number of aromatic nitrogens is 1. The monoisotopic (exact) mass is 163 g/mol. The first kappa shape index (κ1) is 7.74. The fraction of sp³-hybridized carbons (Fsp3) is 0.500. The molecular formula is C10H13NO. The summed E-state index contributed by atoms with van der Waals surface area (Å²) in [7, 11) is 0. The van der Waals surface area contributed by atoms with E-state index in [-0.39, 0.29) is 0 Å². The van der Waals surface area contributed by atoms with Crippen LogP contribution in [0, 0.1) is 13.8 Å². The number of aryl methyl sites for hydroxylation is 2. The minimum Gasteiger partial charge on any atom is -0.385 e. The summed E-state index contributed by atoms with van der Waals surface area (Å²) in [4.78, 5) is 4.32. The third-order valence-electron chi connectivity index (χ3n) is 2.45. The van der Waals surface area contributed by atoms with Gasteiger partial charge in [0.2, 0.25) is 0 Å². The van der Waals surface area contributed by atoms with E-state index in [2.05, 4.69) is 4.98 Å². The minimum absolute atomic E-state index is 0.537. The highest BCUT2D eigenvalue weighted by Crippen LogP contribution is 2.45. The lowest BCUT2D eigenvalue weighted by molar-refractivity contribution is 0.150. The van der Waals surface area contributed by atoms with Crippen molar-refractivity contribution < 1.29 is 5.11 Å². The number of nitrogens with zero attached hydrogens (tertiary/aromatic N) is 1. The molecule has 1 heterocycles.